The number of carbonyl (C=O) groups excluding carboxylic acids is 1. The average molecular weight is 286 g/mol. The third kappa shape index (κ3) is 2.73. The van der Waals surface area contributed by atoms with Gasteiger partial charge in [-0.05, 0) is 23.3 Å². The van der Waals surface area contributed by atoms with Crippen molar-refractivity contribution in [3.63, 3.8) is 0 Å². The third-order valence-electron chi connectivity index (χ3n) is 3.63. The number of rotatable bonds is 2. The van der Waals surface area contributed by atoms with E-state index in [0.29, 0.717) is 12.2 Å². The van der Waals surface area contributed by atoms with Gasteiger partial charge >= 0.3 is 0 Å². The molecule has 0 saturated heterocycles. The third-order valence-corrected chi connectivity index (χ3v) is 3.63. The maximum Gasteiger partial charge on any atom is 0.233 e. The number of nitrogens with one attached hydrogen (secondary N) is 2. The number of anilines is 1. The molecule has 0 saturated carbocycles. The van der Waals surface area contributed by atoms with Crippen molar-refractivity contribution in [1.29, 1.82) is 0 Å². The first-order valence-electron chi connectivity index (χ1n) is 6.73. The van der Waals surface area contributed by atoms with Crippen LogP contribution < -0.4 is 10.6 Å². The summed E-state index contributed by atoms with van der Waals surface area (Å²) in [5.41, 5.74) is 2.42. The zero-order chi connectivity index (χ0) is 14.8. The van der Waals surface area contributed by atoms with Crippen LogP contribution >= 0.6 is 0 Å². The highest BCUT2D eigenvalue weighted by Crippen LogP contribution is 2.26. The lowest BCUT2D eigenvalue weighted by molar-refractivity contribution is -0.117. The minimum Gasteiger partial charge on any atom is -0.505 e. The number of halogens is 1. The van der Waals surface area contributed by atoms with Gasteiger partial charge in [0.1, 0.15) is 0 Å². The molecule has 0 aromatic heterocycles. The molecule has 1 amide bonds. The van der Waals surface area contributed by atoms with Crippen LogP contribution in [-0.4, -0.2) is 17.6 Å². The molecule has 0 radical (unpaired) electrons. The number of hydrogen-bond acceptors (Lipinski definition) is 3. The summed E-state index contributed by atoms with van der Waals surface area (Å²) in [4.78, 5) is 12.4. The van der Waals surface area contributed by atoms with Crippen LogP contribution in [-0.2, 0) is 11.3 Å². The zero-order valence-electron chi connectivity index (χ0n) is 11.3. The van der Waals surface area contributed by atoms with Crippen molar-refractivity contribution in [2.24, 2.45) is 0 Å². The van der Waals surface area contributed by atoms with Gasteiger partial charge in [-0.25, -0.2) is 4.39 Å². The molecule has 21 heavy (non-hydrogen) atoms. The van der Waals surface area contributed by atoms with Crippen LogP contribution in [0.5, 0.6) is 5.75 Å². The van der Waals surface area contributed by atoms with E-state index in [1.54, 1.807) is 0 Å². The lowest BCUT2D eigenvalue weighted by atomic mass is 9.90. The second-order valence-electron chi connectivity index (χ2n) is 5.04. The van der Waals surface area contributed by atoms with Gasteiger partial charge in [0.25, 0.3) is 0 Å². The van der Waals surface area contributed by atoms with Gasteiger partial charge in [-0.1, -0.05) is 24.3 Å². The Morgan fingerprint density at radius 1 is 1.29 bits per heavy atom. The molecule has 1 unspecified atom stereocenters. The second kappa shape index (κ2) is 5.54. The molecule has 0 aliphatic carbocycles. The fourth-order valence-electron chi connectivity index (χ4n) is 2.54. The Labute approximate surface area is 121 Å². The van der Waals surface area contributed by atoms with E-state index >= 15 is 0 Å². The van der Waals surface area contributed by atoms with Crippen LogP contribution in [0.25, 0.3) is 0 Å². The van der Waals surface area contributed by atoms with Crippen molar-refractivity contribution in [1.82, 2.24) is 5.32 Å². The zero-order valence-corrected chi connectivity index (χ0v) is 11.3. The fourth-order valence-corrected chi connectivity index (χ4v) is 2.54. The molecule has 4 nitrogen and oxygen atoms in total. The van der Waals surface area contributed by atoms with Gasteiger partial charge in [-0.3, -0.25) is 4.79 Å². The molecular weight excluding hydrogens is 271 g/mol. The molecule has 1 atom stereocenters. The number of carbonyl (C=O) groups is 1. The predicted molar refractivity (Wildman–Crippen MR) is 77.6 cm³/mol. The summed E-state index contributed by atoms with van der Waals surface area (Å²) in [6.07, 6.45) is 0. The first-order chi connectivity index (χ1) is 10.1. The molecule has 1 aliphatic rings. The molecule has 0 bridgehead atoms. The van der Waals surface area contributed by atoms with Crippen LogP contribution in [0.15, 0.2) is 42.5 Å². The lowest BCUT2D eigenvalue weighted by Gasteiger charge is -2.25. The number of amides is 1. The molecule has 5 heteroatoms. The highest BCUT2D eigenvalue weighted by Gasteiger charge is 2.26. The Bertz CT molecular complexity index is 688. The summed E-state index contributed by atoms with van der Waals surface area (Å²) in [5, 5.41) is 15.1. The summed E-state index contributed by atoms with van der Waals surface area (Å²) in [6.45, 7) is 1.29. The minimum atomic E-state index is -0.755. The van der Waals surface area contributed by atoms with E-state index < -0.39 is 11.6 Å². The number of hydrogen-bond donors (Lipinski definition) is 3. The molecule has 0 spiro atoms. The van der Waals surface area contributed by atoms with E-state index in [0.717, 1.165) is 23.7 Å². The summed E-state index contributed by atoms with van der Waals surface area (Å²) >= 11 is 0. The van der Waals surface area contributed by atoms with Gasteiger partial charge in [0.15, 0.2) is 11.6 Å². The molecule has 2 aromatic rings. The van der Waals surface area contributed by atoms with E-state index in [1.165, 1.54) is 12.1 Å². The number of aromatic hydroxyl groups is 1. The van der Waals surface area contributed by atoms with Crippen molar-refractivity contribution < 1.29 is 14.3 Å². The monoisotopic (exact) mass is 286 g/mol. The molecule has 3 rings (SSSR count). The van der Waals surface area contributed by atoms with E-state index in [-0.39, 0.29) is 11.8 Å². The van der Waals surface area contributed by atoms with Crippen molar-refractivity contribution >= 4 is 11.6 Å². The lowest BCUT2D eigenvalue weighted by Crippen LogP contribution is -2.35. The van der Waals surface area contributed by atoms with Crippen LogP contribution in [0, 0.1) is 5.82 Å². The number of phenols is 1. The number of benzene rings is 2. The highest BCUT2D eigenvalue weighted by atomic mass is 19.1. The Balaban J connectivity index is 1.81. The summed E-state index contributed by atoms with van der Waals surface area (Å²) < 4.78 is 13.3. The standard InChI is InChI=1S/C16H15FN2O2/c17-14-7-11(5-6-15(14)20)19-16(21)13-9-18-8-10-3-1-2-4-12(10)13/h1-7,13,18,20H,8-9H2,(H,19,21). The summed E-state index contributed by atoms with van der Waals surface area (Å²) in [5.74, 6) is -1.70. The van der Waals surface area contributed by atoms with Crippen molar-refractivity contribution in [2.75, 3.05) is 11.9 Å². The Kier molecular flexibility index (Phi) is 3.58. The van der Waals surface area contributed by atoms with Crippen LogP contribution in [0.4, 0.5) is 10.1 Å². The van der Waals surface area contributed by atoms with Crippen LogP contribution in [0.2, 0.25) is 0 Å². The fraction of sp³-hybridized carbons (Fsp3) is 0.188. The number of fused-ring (bicyclic) bond motifs is 1. The van der Waals surface area contributed by atoms with E-state index in [4.69, 9.17) is 5.11 Å². The molecule has 1 heterocycles. The van der Waals surface area contributed by atoms with Gasteiger partial charge in [-0.2, -0.15) is 0 Å². The molecule has 2 aromatic carbocycles. The second-order valence-corrected chi connectivity index (χ2v) is 5.04. The van der Waals surface area contributed by atoms with E-state index in [1.807, 2.05) is 24.3 Å². The molecule has 0 fully saturated rings. The largest absolute Gasteiger partial charge is 0.505 e. The summed E-state index contributed by atoms with van der Waals surface area (Å²) in [6, 6.07) is 11.6. The van der Waals surface area contributed by atoms with Gasteiger partial charge < -0.3 is 15.7 Å². The van der Waals surface area contributed by atoms with Gasteiger partial charge in [0.2, 0.25) is 5.91 Å². The first kappa shape index (κ1) is 13.6. The van der Waals surface area contributed by atoms with Crippen LogP contribution in [0.3, 0.4) is 0 Å². The van der Waals surface area contributed by atoms with Gasteiger partial charge in [0.05, 0.1) is 5.92 Å². The molecule has 108 valence electrons. The molecule has 3 N–H and O–H groups in total. The topological polar surface area (TPSA) is 61.4 Å². The highest BCUT2D eigenvalue weighted by molar-refractivity contribution is 5.96. The smallest absolute Gasteiger partial charge is 0.233 e. The van der Waals surface area contributed by atoms with Crippen molar-refractivity contribution in [3.05, 3.63) is 59.4 Å². The SMILES string of the molecule is O=C(Nc1ccc(O)c(F)c1)C1CNCc2ccccc21. The first-order valence-corrected chi connectivity index (χ1v) is 6.73. The Morgan fingerprint density at radius 2 is 2.10 bits per heavy atom. The van der Waals surface area contributed by atoms with E-state index in [9.17, 15) is 9.18 Å². The van der Waals surface area contributed by atoms with Gasteiger partial charge in [-0.15, -0.1) is 0 Å². The Hall–Kier alpha value is -2.40. The average Bonchev–Trinajstić information content (AvgIpc) is 2.50. The Morgan fingerprint density at radius 3 is 2.90 bits per heavy atom. The van der Waals surface area contributed by atoms with E-state index in [2.05, 4.69) is 10.6 Å². The van der Waals surface area contributed by atoms with Gasteiger partial charge in [0, 0.05) is 24.8 Å². The van der Waals surface area contributed by atoms with Crippen molar-refractivity contribution in [3.8, 4) is 5.75 Å². The quantitative estimate of drug-likeness (QED) is 0.743. The normalized spacial score (nSPS) is 17.1. The maximum absolute atomic E-state index is 13.3. The minimum absolute atomic E-state index is 0.195. The van der Waals surface area contributed by atoms with Crippen LogP contribution in [0.1, 0.15) is 17.0 Å². The maximum atomic E-state index is 13.3. The predicted octanol–water partition coefficient (Wildman–Crippen LogP) is 2.36. The van der Waals surface area contributed by atoms with Crippen molar-refractivity contribution in [2.45, 2.75) is 12.5 Å². The summed E-state index contributed by atoms with van der Waals surface area (Å²) in [7, 11) is 0. The molecule has 1 aliphatic heterocycles. The molecular formula is C16H15FN2O2. The number of phenolic OH excluding ortho intramolecular Hbond substituents is 1.